The van der Waals surface area contributed by atoms with E-state index in [1.165, 1.54) is 4.90 Å². The van der Waals surface area contributed by atoms with Crippen LogP contribution >= 0.6 is 0 Å². The third-order valence-corrected chi connectivity index (χ3v) is 8.79. The Morgan fingerprint density at radius 3 is 2.02 bits per heavy atom. The Morgan fingerprint density at radius 2 is 1.40 bits per heavy atom. The minimum absolute atomic E-state index is 0.0228. The van der Waals surface area contributed by atoms with E-state index in [1.54, 1.807) is 0 Å². The van der Waals surface area contributed by atoms with Gasteiger partial charge in [0.1, 0.15) is 0 Å². The van der Waals surface area contributed by atoms with E-state index in [9.17, 15) is 14.4 Å². The Morgan fingerprint density at radius 1 is 0.786 bits per heavy atom. The zero-order valence-corrected chi connectivity index (χ0v) is 24.6. The molecule has 0 aliphatic carbocycles. The highest BCUT2D eigenvalue weighted by Gasteiger charge is 2.61. The molecule has 4 aromatic rings. The molecule has 2 heterocycles. The number of imide groups is 1. The lowest BCUT2D eigenvalue weighted by atomic mass is 9.66. The first-order chi connectivity index (χ1) is 20.1. The van der Waals surface area contributed by atoms with E-state index in [0.29, 0.717) is 18.7 Å². The lowest BCUT2D eigenvalue weighted by Gasteiger charge is -2.34. The summed E-state index contributed by atoms with van der Waals surface area (Å²) in [6, 6.07) is 33.4. The van der Waals surface area contributed by atoms with Crippen LogP contribution in [0.2, 0.25) is 0 Å². The first-order valence-electron chi connectivity index (χ1n) is 14.6. The lowest BCUT2D eigenvalue weighted by molar-refractivity contribution is -0.131. The quantitative estimate of drug-likeness (QED) is 0.243. The molecule has 5 nitrogen and oxygen atoms in total. The lowest BCUT2D eigenvalue weighted by Crippen LogP contribution is -2.50. The predicted octanol–water partition coefficient (Wildman–Crippen LogP) is 6.90. The maximum atomic E-state index is 14.9. The molecule has 0 saturated carbocycles. The molecule has 0 spiro atoms. The van der Waals surface area contributed by atoms with Crippen LogP contribution in [0, 0.1) is 12.8 Å². The molecule has 6 rings (SSSR count). The van der Waals surface area contributed by atoms with Crippen LogP contribution in [-0.4, -0.2) is 17.7 Å². The fraction of sp³-hybridized carbons (Fsp3) is 0.270. The van der Waals surface area contributed by atoms with Crippen LogP contribution in [0.15, 0.2) is 103 Å². The molecule has 2 aliphatic heterocycles. The Hall–Kier alpha value is -4.51. The van der Waals surface area contributed by atoms with Gasteiger partial charge in [-0.1, -0.05) is 111 Å². The Balaban J connectivity index is 1.48. The Kier molecular flexibility index (Phi) is 6.84. The second kappa shape index (κ2) is 10.4. The SMILES string of the molecule is Cc1ccc2c(c1)[C@](Cc1ccccc1)([C@H]1CC(=O)N(c3ccc(C(C)(C)C)cc3)C1=O)C(=O)N2Cc1ccccc1. The van der Waals surface area contributed by atoms with Crippen molar-refractivity contribution in [3.63, 3.8) is 0 Å². The van der Waals surface area contributed by atoms with Gasteiger partial charge in [0, 0.05) is 12.1 Å². The highest BCUT2D eigenvalue weighted by atomic mass is 16.2. The van der Waals surface area contributed by atoms with Gasteiger partial charge in [-0.25, -0.2) is 0 Å². The van der Waals surface area contributed by atoms with Crippen molar-refractivity contribution >= 4 is 29.1 Å². The highest BCUT2D eigenvalue weighted by molar-refractivity contribution is 6.24. The van der Waals surface area contributed by atoms with Crippen molar-refractivity contribution in [3.05, 3.63) is 131 Å². The Labute approximate surface area is 247 Å². The maximum absolute atomic E-state index is 14.9. The first-order valence-corrected chi connectivity index (χ1v) is 14.6. The van der Waals surface area contributed by atoms with Crippen LogP contribution < -0.4 is 9.80 Å². The van der Waals surface area contributed by atoms with Gasteiger partial charge in [-0.2, -0.15) is 0 Å². The number of carbonyl (C=O) groups is 3. The largest absolute Gasteiger partial charge is 0.307 e. The fourth-order valence-electron chi connectivity index (χ4n) is 6.58. The number of nitrogens with zero attached hydrogens (tertiary/aromatic N) is 2. The van der Waals surface area contributed by atoms with Gasteiger partial charge in [-0.3, -0.25) is 19.3 Å². The van der Waals surface area contributed by atoms with Crippen LogP contribution in [0.3, 0.4) is 0 Å². The van der Waals surface area contributed by atoms with Gasteiger partial charge in [0.15, 0.2) is 0 Å². The van der Waals surface area contributed by atoms with Crippen LogP contribution in [-0.2, 0) is 38.2 Å². The average molecular weight is 557 g/mol. The van der Waals surface area contributed by atoms with Gasteiger partial charge in [0.2, 0.25) is 17.7 Å². The number of carbonyl (C=O) groups excluding carboxylic acids is 3. The van der Waals surface area contributed by atoms with Crippen molar-refractivity contribution in [2.75, 3.05) is 9.80 Å². The van der Waals surface area contributed by atoms with Crippen LogP contribution in [0.4, 0.5) is 11.4 Å². The second-order valence-corrected chi connectivity index (χ2v) is 12.7. The molecular formula is C37H36N2O3. The molecule has 5 heteroatoms. The van der Waals surface area contributed by atoms with E-state index < -0.39 is 11.3 Å². The van der Waals surface area contributed by atoms with Crippen molar-refractivity contribution < 1.29 is 14.4 Å². The number of amides is 3. The molecule has 2 aliphatic rings. The molecule has 42 heavy (non-hydrogen) atoms. The number of aryl methyl sites for hydroxylation is 1. The summed E-state index contributed by atoms with van der Waals surface area (Å²) >= 11 is 0. The topological polar surface area (TPSA) is 57.7 Å². The number of benzene rings is 4. The molecule has 3 amide bonds. The summed E-state index contributed by atoms with van der Waals surface area (Å²) in [5.41, 5.74) is 4.98. The molecule has 0 bridgehead atoms. The minimum atomic E-state index is -1.22. The summed E-state index contributed by atoms with van der Waals surface area (Å²) in [5.74, 6) is -1.56. The summed E-state index contributed by atoms with van der Waals surface area (Å²) in [7, 11) is 0. The van der Waals surface area contributed by atoms with Gasteiger partial charge in [0.05, 0.1) is 23.6 Å². The van der Waals surface area contributed by atoms with Crippen molar-refractivity contribution in [1.29, 1.82) is 0 Å². The number of rotatable bonds is 6. The summed E-state index contributed by atoms with van der Waals surface area (Å²) in [5, 5.41) is 0. The zero-order valence-electron chi connectivity index (χ0n) is 24.6. The highest BCUT2D eigenvalue weighted by Crippen LogP contribution is 2.52. The summed E-state index contributed by atoms with van der Waals surface area (Å²) in [6.07, 6.45) is 0.305. The molecule has 0 aromatic heterocycles. The monoisotopic (exact) mass is 556 g/mol. The maximum Gasteiger partial charge on any atom is 0.239 e. The van der Waals surface area contributed by atoms with E-state index in [2.05, 4.69) is 20.8 Å². The van der Waals surface area contributed by atoms with Crippen molar-refractivity contribution in [3.8, 4) is 0 Å². The van der Waals surface area contributed by atoms with Gasteiger partial charge >= 0.3 is 0 Å². The molecule has 212 valence electrons. The van der Waals surface area contributed by atoms with Gasteiger partial charge in [0.25, 0.3) is 0 Å². The molecule has 1 fully saturated rings. The van der Waals surface area contributed by atoms with Gasteiger partial charge in [-0.05, 0) is 59.2 Å². The van der Waals surface area contributed by atoms with E-state index in [1.807, 2.05) is 115 Å². The Bertz CT molecular complexity index is 1660. The smallest absolute Gasteiger partial charge is 0.239 e. The predicted molar refractivity (Wildman–Crippen MR) is 166 cm³/mol. The molecule has 0 N–H and O–H groups in total. The third-order valence-electron chi connectivity index (χ3n) is 8.79. The van der Waals surface area contributed by atoms with E-state index >= 15 is 0 Å². The van der Waals surface area contributed by atoms with Crippen molar-refractivity contribution in [2.45, 2.75) is 57.9 Å². The third kappa shape index (κ3) is 4.63. The van der Waals surface area contributed by atoms with Crippen molar-refractivity contribution in [2.24, 2.45) is 5.92 Å². The molecule has 0 radical (unpaired) electrons. The number of fused-ring (bicyclic) bond motifs is 1. The normalized spacial score (nSPS) is 20.4. The fourth-order valence-corrected chi connectivity index (χ4v) is 6.58. The number of anilines is 2. The number of hydrogen-bond donors (Lipinski definition) is 0. The molecule has 0 unspecified atom stereocenters. The first kappa shape index (κ1) is 27.6. The summed E-state index contributed by atoms with van der Waals surface area (Å²) in [4.78, 5) is 46.1. The van der Waals surface area contributed by atoms with E-state index in [4.69, 9.17) is 0 Å². The number of hydrogen-bond acceptors (Lipinski definition) is 3. The van der Waals surface area contributed by atoms with Crippen LogP contribution in [0.5, 0.6) is 0 Å². The molecule has 4 aromatic carbocycles. The summed E-state index contributed by atoms with van der Waals surface area (Å²) in [6.45, 7) is 8.78. The van der Waals surface area contributed by atoms with Crippen LogP contribution in [0.25, 0.3) is 0 Å². The van der Waals surface area contributed by atoms with E-state index in [0.717, 1.165) is 33.5 Å². The van der Waals surface area contributed by atoms with Crippen molar-refractivity contribution in [1.82, 2.24) is 0 Å². The molecule has 2 atom stereocenters. The molecular weight excluding hydrogens is 520 g/mol. The minimum Gasteiger partial charge on any atom is -0.307 e. The van der Waals surface area contributed by atoms with E-state index in [-0.39, 0.29) is 29.6 Å². The van der Waals surface area contributed by atoms with Gasteiger partial charge < -0.3 is 4.90 Å². The van der Waals surface area contributed by atoms with Gasteiger partial charge in [-0.15, -0.1) is 0 Å². The summed E-state index contributed by atoms with van der Waals surface area (Å²) < 4.78 is 0. The average Bonchev–Trinajstić information content (AvgIpc) is 3.39. The van der Waals surface area contributed by atoms with Crippen LogP contribution in [0.1, 0.15) is 55.0 Å². The standard InChI is InChI=1S/C37H36N2O3/c1-25-15-20-32-30(21-25)37(23-26-11-7-5-8-12-26,35(42)38(32)24-27-13-9-6-10-14-27)31-22-33(40)39(34(31)41)29-18-16-28(17-19-29)36(2,3)4/h5-21,31H,22-24H2,1-4H3/t31-,37+/m0/s1. The second-order valence-electron chi connectivity index (χ2n) is 12.7. The molecule has 1 saturated heterocycles. The zero-order chi connectivity index (χ0) is 29.6.